The van der Waals surface area contributed by atoms with Gasteiger partial charge in [-0.1, -0.05) is 6.07 Å². The molecule has 0 amide bonds. The number of nitrogens with one attached hydrogen (secondary N) is 2. The lowest BCUT2D eigenvalue weighted by Gasteiger charge is -2.08. The Kier molecular flexibility index (Phi) is 6.89. The molecule has 0 saturated carbocycles. The summed E-state index contributed by atoms with van der Waals surface area (Å²) in [6.45, 7) is 0.437. The Morgan fingerprint density at radius 2 is 1.67 bits per heavy atom. The number of methoxy groups -OCH3 is 3. The van der Waals surface area contributed by atoms with Crippen LogP contribution in [0.25, 0.3) is 0 Å². The van der Waals surface area contributed by atoms with Gasteiger partial charge in [-0.25, -0.2) is 0 Å². The second-order valence-corrected chi connectivity index (χ2v) is 7.24. The zero-order valence-corrected chi connectivity index (χ0v) is 16.3. The van der Waals surface area contributed by atoms with Crippen LogP contribution in [0.1, 0.15) is 5.56 Å². The van der Waals surface area contributed by atoms with Crippen LogP contribution in [0.4, 0.5) is 0 Å². The van der Waals surface area contributed by atoms with E-state index in [1.54, 1.807) is 26.4 Å². The van der Waals surface area contributed by atoms with E-state index < -0.39 is 10.0 Å². The van der Waals surface area contributed by atoms with E-state index in [-0.39, 0.29) is 10.9 Å². The van der Waals surface area contributed by atoms with Crippen LogP contribution < -0.4 is 29.7 Å². The molecule has 0 heterocycles. The summed E-state index contributed by atoms with van der Waals surface area (Å²) in [5, 5.41) is 0. The van der Waals surface area contributed by atoms with Crippen molar-refractivity contribution in [2.24, 2.45) is 5.73 Å². The third-order valence-corrected chi connectivity index (χ3v) is 5.17. The van der Waals surface area contributed by atoms with Crippen molar-refractivity contribution in [3.05, 3.63) is 48.0 Å². The van der Waals surface area contributed by atoms with Gasteiger partial charge in [0.25, 0.3) is 0 Å². The molecule has 2 aromatic rings. The molecule has 0 atom stereocenters. The van der Waals surface area contributed by atoms with Gasteiger partial charge >= 0.3 is 16.0 Å². The Hall–Kier alpha value is -2.94. The molecule has 0 spiro atoms. The fourth-order valence-electron chi connectivity index (χ4n) is 2.37. The molecular weight excluding hydrogens is 370 g/mol. The molecule has 146 valence electrons. The summed E-state index contributed by atoms with van der Waals surface area (Å²) in [6, 6.07) is 11.6. The van der Waals surface area contributed by atoms with Gasteiger partial charge in [0.1, 0.15) is 10.6 Å². The van der Waals surface area contributed by atoms with Crippen molar-refractivity contribution < 1.29 is 27.6 Å². The highest BCUT2D eigenvalue weighted by Crippen LogP contribution is 2.27. The Morgan fingerprint density at radius 1 is 1.00 bits per heavy atom. The van der Waals surface area contributed by atoms with Crippen LogP contribution in [0.3, 0.4) is 0 Å². The summed E-state index contributed by atoms with van der Waals surface area (Å²) in [5.41, 5.74) is 6.76. The molecule has 9 heteroatoms. The maximum atomic E-state index is 12.3. The number of nitrogens with two attached hydrogens (primary N) is 1. The fourth-order valence-corrected chi connectivity index (χ4v) is 3.35. The Balaban J connectivity index is 1.99. The smallest absolute Gasteiger partial charge is 0.356 e. The van der Waals surface area contributed by atoms with Crippen molar-refractivity contribution in [1.29, 1.82) is 0 Å². The minimum Gasteiger partial charge on any atom is -0.497 e. The van der Waals surface area contributed by atoms with Gasteiger partial charge in [0.05, 0.1) is 27.9 Å². The molecule has 0 fully saturated rings. The summed E-state index contributed by atoms with van der Waals surface area (Å²) < 4.78 is 42.4. The number of hydrogen-bond donors (Lipinski definition) is 3. The predicted molar refractivity (Wildman–Crippen MR) is 102 cm³/mol. The molecule has 0 unspecified atom stereocenters. The van der Waals surface area contributed by atoms with Crippen LogP contribution in [0.2, 0.25) is 0 Å². The normalized spacial score (nSPS) is 11.7. The zero-order valence-electron chi connectivity index (χ0n) is 15.5. The highest BCUT2D eigenvalue weighted by Gasteiger charge is 2.19. The highest BCUT2D eigenvalue weighted by molar-refractivity contribution is 7.90. The summed E-state index contributed by atoms with van der Waals surface area (Å²) in [5.74, 6) is 1.80. The van der Waals surface area contributed by atoms with E-state index in [1.165, 1.54) is 19.2 Å². The number of guanidine groups is 1. The van der Waals surface area contributed by atoms with Gasteiger partial charge in [0.2, 0.25) is 0 Å². The maximum absolute atomic E-state index is 12.3. The lowest BCUT2D eigenvalue weighted by molar-refractivity contribution is -0.459. The first-order valence-corrected chi connectivity index (χ1v) is 9.62. The first-order valence-electron chi connectivity index (χ1n) is 8.13. The molecular formula is C18H24N3O5S+. The number of sulfonamides is 1. The molecule has 0 radical (unpaired) electrons. The molecule has 2 aromatic carbocycles. The van der Waals surface area contributed by atoms with Crippen LogP contribution in [-0.2, 0) is 16.4 Å². The fraction of sp³-hybridized carbons (Fsp3) is 0.278. The molecule has 0 aromatic heterocycles. The zero-order chi connectivity index (χ0) is 19.9. The van der Waals surface area contributed by atoms with E-state index in [1.807, 2.05) is 18.2 Å². The van der Waals surface area contributed by atoms with Crippen molar-refractivity contribution in [1.82, 2.24) is 4.72 Å². The molecule has 0 aliphatic heterocycles. The largest absolute Gasteiger partial charge is 0.497 e. The molecule has 0 bridgehead atoms. The first kappa shape index (κ1) is 20.4. The van der Waals surface area contributed by atoms with Crippen molar-refractivity contribution in [2.75, 3.05) is 27.9 Å². The van der Waals surface area contributed by atoms with E-state index in [0.717, 1.165) is 5.56 Å². The monoisotopic (exact) mass is 394 g/mol. The van der Waals surface area contributed by atoms with Crippen LogP contribution >= 0.6 is 0 Å². The SMILES string of the molecule is COc1ccc(S(=O)(=O)NC(N)=[NH+]CCc2ccc(OC)c(OC)c2)cc1. The molecule has 2 rings (SSSR count). The Labute approximate surface area is 159 Å². The van der Waals surface area contributed by atoms with E-state index in [9.17, 15) is 8.42 Å². The van der Waals surface area contributed by atoms with Gasteiger partial charge in [-0.3, -0.25) is 10.7 Å². The van der Waals surface area contributed by atoms with Crippen molar-refractivity contribution in [3.8, 4) is 17.2 Å². The molecule has 0 aliphatic rings. The predicted octanol–water partition coefficient (Wildman–Crippen LogP) is -0.371. The van der Waals surface area contributed by atoms with Crippen LogP contribution in [0.5, 0.6) is 17.2 Å². The summed E-state index contributed by atoms with van der Waals surface area (Å²) in [7, 11) is 0.886. The van der Waals surface area contributed by atoms with E-state index in [4.69, 9.17) is 19.9 Å². The minimum atomic E-state index is -3.77. The highest BCUT2D eigenvalue weighted by atomic mass is 32.2. The number of ether oxygens (including phenoxy) is 3. The van der Waals surface area contributed by atoms with Gasteiger partial charge in [-0.05, 0) is 42.0 Å². The summed E-state index contributed by atoms with van der Waals surface area (Å²) >= 11 is 0. The average Bonchev–Trinajstić information content (AvgIpc) is 2.67. The minimum absolute atomic E-state index is 0.0497. The maximum Gasteiger partial charge on any atom is 0.356 e. The average molecular weight is 394 g/mol. The molecule has 8 nitrogen and oxygen atoms in total. The molecule has 0 aliphatic carbocycles. The summed E-state index contributed by atoms with van der Waals surface area (Å²) in [6.07, 6.45) is 0.616. The Morgan fingerprint density at radius 3 is 2.26 bits per heavy atom. The standard InChI is InChI=1S/C18H23N3O5S/c1-24-14-5-7-15(8-6-14)27(22,23)21-18(19)20-11-10-13-4-9-16(25-2)17(12-13)26-3/h4-9,12H,10-11H2,1-3H3,(H3,19,20,21)/p+1. The second-order valence-electron chi connectivity index (χ2n) is 5.56. The topological polar surface area (TPSA) is 114 Å². The quantitative estimate of drug-likeness (QED) is 0.416. The molecule has 27 heavy (non-hydrogen) atoms. The van der Waals surface area contributed by atoms with Crippen LogP contribution in [-0.4, -0.2) is 42.3 Å². The van der Waals surface area contributed by atoms with Gasteiger partial charge in [0.15, 0.2) is 11.5 Å². The van der Waals surface area contributed by atoms with Gasteiger partial charge in [-0.15, -0.1) is 0 Å². The molecule has 4 N–H and O–H groups in total. The lowest BCUT2D eigenvalue weighted by Crippen LogP contribution is -2.79. The third kappa shape index (κ3) is 5.52. The Bertz CT molecular complexity index is 896. The number of rotatable bonds is 8. The van der Waals surface area contributed by atoms with Gasteiger partial charge in [-0.2, -0.15) is 13.1 Å². The van der Waals surface area contributed by atoms with E-state index in [0.29, 0.717) is 30.2 Å². The van der Waals surface area contributed by atoms with Crippen molar-refractivity contribution in [2.45, 2.75) is 11.3 Å². The first-order chi connectivity index (χ1) is 12.9. The van der Waals surface area contributed by atoms with Crippen molar-refractivity contribution in [3.63, 3.8) is 0 Å². The number of hydrogen-bond acceptors (Lipinski definition) is 5. The van der Waals surface area contributed by atoms with E-state index >= 15 is 0 Å². The van der Waals surface area contributed by atoms with E-state index in [2.05, 4.69) is 9.71 Å². The second kappa shape index (κ2) is 9.13. The van der Waals surface area contributed by atoms with Gasteiger partial charge in [0, 0.05) is 6.42 Å². The van der Waals surface area contributed by atoms with Crippen LogP contribution in [0.15, 0.2) is 47.4 Å². The third-order valence-electron chi connectivity index (χ3n) is 3.79. The van der Waals surface area contributed by atoms with Crippen LogP contribution in [0, 0.1) is 0 Å². The summed E-state index contributed by atoms with van der Waals surface area (Å²) in [4.78, 5) is 2.94. The molecule has 0 saturated heterocycles. The van der Waals surface area contributed by atoms with Gasteiger partial charge < -0.3 is 14.2 Å². The number of benzene rings is 2. The van der Waals surface area contributed by atoms with Crippen molar-refractivity contribution >= 4 is 16.0 Å². The lowest BCUT2D eigenvalue weighted by atomic mass is 10.1.